The van der Waals surface area contributed by atoms with Crippen molar-refractivity contribution in [1.29, 1.82) is 0 Å². The molecule has 0 fully saturated rings. The zero-order chi connectivity index (χ0) is 6.28. The molecule has 0 amide bonds. The lowest BCUT2D eigenvalue weighted by molar-refractivity contribution is 1.09. The van der Waals surface area contributed by atoms with Crippen LogP contribution in [-0.2, 0) is 0 Å². The van der Waals surface area contributed by atoms with E-state index < -0.39 is 0 Å². The van der Waals surface area contributed by atoms with Crippen LogP contribution in [0.4, 0.5) is 0 Å². The molecule has 0 aromatic heterocycles. The SMILES string of the molecule is CCC.IC(I)I. The zero-order valence-corrected chi connectivity index (χ0v) is 10.9. The van der Waals surface area contributed by atoms with E-state index in [1.165, 1.54) is 6.42 Å². The number of hydrogen-bond donors (Lipinski definition) is 0. The summed E-state index contributed by atoms with van der Waals surface area (Å²) in [6.07, 6.45) is 1.25. The van der Waals surface area contributed by atoms with E-state index in [2.05, 4.69) is 81.6 Å². The molecule has 0 saturated heterocycles. The smallest absolute Gasteiger partial charge is 0.0656 e. The Balaban J connectivity index is 0. The Bertz CT molecular complexity index is 18.1. The molecule has 7 heavy (non-hydrogen) atoms. The molecule has 0 heterocycles. The van der Waals surface area contributed by atoms with Gasteiger partial charge in [-0.25, -0.2) is 0 Å². The Hall–Kier alpha value is 2.19. The average Bonchev–Trinajstić information content (AvgIpc) is 1.33. The number of hydrogen-bond acceptors (Lipinski definition) is 0. The standard InChI is InChI=1S/C3H8.CHI3/c1-3-2;2-1(3)4/h3H2,1-2H3;1H. The Labute approximate surface area is 86.6 Å². The molecule has 0 radical (unpaired) electrons. The minimum Gasteiger partial charge on any atom is -0.0656 e. The van der Waals surface area contributed by atoms with Crippen LogP contribution in [0.3, 0.4) is 0 Å². The van der Waals surface area contributed by atoms with Crippen LogP contribution in [0.5, 0.6) is 0 Å². The minimum absolute atomic E-state index is 0.743. The van der Waals surface area contributed by atoms with Gasteiger partial charge in [-0.3, -0.25) is 0 Å². The van der Waals surface area contributed by atoms with Crippen molar-refractivity contribution < 1.29 is 0 Å². The molecule has 3 heteroatoms. The Kier molecular flexibility index (Phi) is 18.8. The average molecular weight is 438 g/mol. The largest absolute Gasteiger partial charge is 0.114 e. The van der Waals surface area contributed by atoms with Crippen LogP contribution in [0.25, 0.3) is 0 Å². The Morgan fingerprint density at radius 1 is 1.14 bits per heavy atom. The highest BCUT2D eigenvalue weighted by Crippen LogP contribution is 2.16. The second-order valence-corrected chi connectivity index (χ2v) is 11.8. The summed E-state index contributed by atoms with van der Waals surface area (Å²) in [6.45, 7) is 4.25. The molecule has 0 aromatic rings. The van der Waals surface area contributed by atoms with Crippen LogP contribution in [0, 0.1) is 0 Å². The first-order chi connectivity index (χ1) is 3.15. The predicted octanol–water partition coefficient (Wildman–Crippen LogP) is 3.99. The lowest BCUT2D eigenvalue weighted by Gasteiger charge is -1.71. The van der Waals surface area contributed by atoms with Crippen LogP contribution in [0.15, 0.2) is 0 Å². The lowest BCUT2D eigenvalue weighted by Crippen LogP contribution is -1.47. The topological polar surface area (TPSA) is 0 Å². The summed E-state index contributed by atoms with van der Waals surface area (Å²) >= 11 is 6.95. The van der Waals surface area contributed by atoms with Gasteiger partial charge in [0.15, 0.2) is 0 Å². The van der Waals surface area contributed by atoms with E-state index in [0.29, 0.717) is 0 Å². The summed E-state index contributed by atoms with van der Waals surface area (Å²) in [5, 5.41) is 0. The fourth-order valence-electron chi connectivity index (χ4n) is 0. The first-order valence-electron chi connectivity index (χ1n) is 2.07. The van der Waals surface area contributed by atoms with Crippen molar-refractivity contribution in [2.75, 3.05) is 0 Å². The molecule has 0 aromatic carbocycles. The third-order valence-corrected chi connectivity index (χ3v) is 0. The fourth-order valence-corrected chi connectivity index (χ4v) is 0. The maximum atomic E-state index is 2.32. The van der Waals surface area contributed by atoms with Crippen molar-refractivity contribution in [1.82, 2.24) is 0 Å². The van der Waals surface area contributed by atoms with Gasteiger partial charge in [0.2, 0.25) is 0 Å². The van der Waals surface area contributed by atoms with Crippen molar-refractivity contribution in [2.24, 2.45) is 0 Å². The molecule has 0 nitrogen and oxygen atoms in total. The van der Waals surface area contributed by atoms with Crippen molar-refractivity contribution in [2.45, 2.75) is 20.2 Å². The summed E-state index contributed by atoms with van der Waals surface area (Å²) in [5.74, 6) is 0. The van der Waals surface area contributed by atoms with Gasteiger partial charge in [-0.05, 0) is 0 Å². The van der Waals surface area contributed by atoms with E-state index in [0.717, 1.165) is -0.0619 Å². The lowest BCUT2D eigenvalue weighted by atomic mass is 10.6. The van der Waals surface area contributed by atoms with E-state index >= 15 is 0 Å². The maximum absolute atomic E-state index is 2.32. The summed E-state index contributed by atoms with van der Waals surface area (Å²) in [7, 11) is 0. The van der Waals surface area contributed by atoms with E-state index in [1.54, 1.807) is 0 Å². The Morgan fingerprint density at radius 3 is 1.14 bits per heavy atom. The second-order valence-electron chi connectivity index (χ2n) is 0.955. The van der Waals surface area contributed by atoms with Gasteiger partial charge in [0.05, 0.1) is 0 Å². The van der Waals surface area contributed by atoms with Gasteiger partial charge in [-0.2, -0.15) is 0 Å². The number of rotatable bonds is 0. The molecule has 0 bridgehead atoms. The zero-order valence-electron chi connectivity index (χ0n) is 4.42. The molecule has 46 valence electrons. The highest BCUT2D eigenvalue weighted by molar-refractivity contribution is 14.3. The highest BCUT2D eigenvalue weighted by atomic mass is 127. The van der Waals surface area contributed by atoms with Crippen LogP contribution in [0.1, 0.15) is 20.3 Å². The molecular weight excluding hydrogens is 429 g/mol. The molecule has 0 saturated carbocycles. The predicted molar refractivity (Wildman–Crippen MR) is 61.8 cm³/mol. The number of halogens is 3. The fraction of sp³-hybridized carbons (Fsp3) is 1.00. The van der Waals surface area contributed by atoms with Crippen LogP contribution < -0.4 is 0 Å². The summed E-state index contributed by atoms with van der Waals surface area (Å²) < 4.78 is 0.743. The van der Waals surface area contributed by atoms with Gasteiger partial charge in [-0.15, -0.1) is 0 Å². The highest BCUT2D eigenvalue weighted by Gasteiger charge is 1.76. The van der Waals surface area contributed by atoms with Crippen LogP contribution in [-0.4, -0.2) is -0.0619 Å². The van der Waals surface area contributed by atoms with Gasteiger partial charge >= 0.3 is 0 Å². The quantitative estimate of drug-likeness (QED) is 0.397. The normalized spacial score (nSPS) is 7.71. The summed E-state index contributed by atoms with van der Waals surface area (Å²) in [6, 6.07) is 0. The van der Waals surface area contributed by atoms with Gasteiger partial charge in [-0.1, -0.05) is 88.0 Å². The monoisotopic (exact) mass is 438 g/mol. The molecule has 0 aliphatic carbocycles. The molecular formula is C4H9I3. The van der Waals surface area contributed by atoms with Gasteiger partial charge in [0, 0.05) is 0 Å². The molecule has 0 aliphatic rings. The van der Waals surface area contributed by atoms with Crippen LogP contribution in [0.2, 0.25) is 0 Å². The van der Waals surface area contributed by atoms with Gasteiger partial charge in [0.25, 0.3) is 0 Å². The third kappa shape index (κ3) is 65.4. The minimum atomic E-state index is 0.743. The van der Waals surface area contributed by atoms with Crippen molar-refractivity contribution in [3.63, 3.8) is 0 Å². The van der Waals surface area contributed by atoms with E-state index in [9.17, 15) is 0 Å². The van der Waals surface area contributed by atoms with E-state index in [4.69, 9.17) is 0 Å². The third-order valence-electron chi connectivity index (χ3n) is 0. The van der Waals surface area contributed by atoms with Gasteiger partial charge < -0.3 is 0 Å². The van der Waals surface area contributed by atoms with Crippen molar-refractivity contribution >= 4 is 67.8 Å². The van der Waals surface area contributed by atoms with Crippen molar-refractivity contribution in [3.05, 3.63) is 0 Å². The summed E-state index contributed by atoms with van der Waals surface area (Å²) in [5.41, 5.74) is 0. The maximum Gasteiger partial charge on any atom is 0.114 e. The molecule has 0 unspecified atom stereocenters. The Morgan fingerprint density at radius 2 is 1.14 bits per heavy atom. The second kappa shape index (κ2) is 11.0. The summed E-state index contributed by atoms with van der Waals surface area (Å²) in [4.78, 5) is 0. The van der Waals surface area contributed by atoms with E-state index in [1.807, 2.05) is 0 Å². The molecule has 0 spiro atoms. The van der Waals surface area contributed by atoms with E-state index in [-0.39, 0.29) is 0 Å². The van der Waals surface area contributed by atoms with Crippen molar-refractivity contribution in [3.8, 4) is 0 Å². The van der Waals surface area contributed by atoms with Gasteiger partial charge in [0.1, 0.15) is -0.0619 Å². The molecule has 0 rings (SSSR count). The molecule has 0 atom stereocenters. The number of alkyl halides is 3. The molecule has 0 N–H and O–H groups in total. The first-order valence-corrected chi connectivity index (χ1v) is 5.81. The first kappa shape index (κ1) is 11.9. The van der Waals surface area contributed by atoms with Crippen LogP contribution >= 0.6 is 67.8 Å². The molecule has 0 aliphatic heterocycles.